The van der Waals surface area contributed by atoms with E-state index in [2.05, 4.69) is 9.97 Å². The summed E-state index contributed by atoms with van der Waals surface area (Å²) >= 11 is 7.54. The molecule has 0 radical (unpaired) electrons. The highest BCUT2D eigenvalue weighted by Gasteiger charge is 2.12. The molecule has 7 heteroatoms. The molecule has 4 aromatic rings. The second-order valence-electron chi connectivity index (χ2n) is 5.78. The second kappa shape index (κ2) is 6.20. The van der Waals surface area contributed by atoms with Crippen molar-refractivity contribution in [1.82, 2.24) is 19.1 Å². The number of fused-ring (bicyclic) bond motifs is 2. The summed E-state index contributed by atoms with van der Waals surface area (Å²) in [5, 5.41) is 1.98. The van der Waals surface area contributed by atoms with Gasteiger partial charge < -0.3 is 4.57 Å². The molecule has 0 spiro atoms. The summed E-state index contributed by atoms with van der Waals surface area (Å²) in [6.45, 7) is 0. The fourth-order valence-electron chi connectivity index (χ4n) is 2.81. The molecule has 2 heterocycles. The number of hydrogen-bond acceptors (Lipinski definition) is 4. The molecule has 4 rings (SSSR count). The van der Waals surface area contributed by atoms with Gasteiger partial charge in [0.15, 0.2) is 5.16 Å². The summed E-state index contributed by atoms with van der Waals surface area (Å²) in [6, 6.07) is 13.1. The van der Waals surface area contributed by atoms with Crippen LogP contribution in [0.25, 0.3) is 21.9 Å². The predicted octanol–water partition coefficient (Wildman–Crippen LogP) is 3.77. The van der Waals surface area contributed by atoms with Gasteiger partial charge in [0.1, 0.15) is 5.82 Å². The number of rotatable bonds is 3. The first-order valence-electron chi connectivity index (χ1n) is 7.74. The van der Waals surface area contributed by atoms with Crippen LogP contribution in [-0.4, -0.2) is 19.1 Å². The fraction of sp³-hybridized carbons (Fsp3) is 0.167. The Hall–Kier alpha value is -2.31. The zero-order chi connectivity index (χ0) is 17.6. The fourth-order valence-corrected chi connectivity index (χ4v) is 3.93. The SMILES string of the molecule is Cn1c(SCc2nc3cc(Cl)ccc3n2C)nc2ccccc2c1=O. The van der Waals surface area contributed by atoms with E-state index >= 15 is 0 Å². The lowest BCUT2D eigenvalue weighted by atomic mass is 10.2. The standard InChI is InChI=1S/C18H15ClN4OS/c1-22-15-8-7-11(19)9-14(15)20-16(22)10-25-18-21-13-6-4-3-5-12(13)17(24)23(18)2/h3-9H,10H2,1-2H3. The maximum atomic E-state index is 12.5. The number of benzene rings is 2. The van der Waals surface area contributed by atoms with Crippen molar-refractivity contribution in [2.24, 2.45) is 14.1 Å². The quantitative estimate of drug-likeness (QED) is 0.407. The van der Waals surface area contributed by atoms with Gasteiger partial charge in [-0.05, 0) is 30.3 Å². The Balaban J connectivity index is 1.70. The number of hydrogen-bond donors (Lipinski definition) is 0. The van der Waals surface area contributed by atoms with Gasteiger partial charge in [0.25, 0.3) is 5.56 Å². The highest BCUT2D eigenvalue weighted by Crippen LogP contribution is 2.25. The van der Waals surface area contributed by atoms with Crippen LogP contribution >= 0.6 is 23.4 Å². The second-order valence-corrected chi connectivity index (χ2v) is 7.16. The third-order valence-corrected chi connectivity index (χ3v) is 5.47. The molecule has 0 aliphatic rings. The number of imidazole rings is 1. The molecule has 2 aromatic heterocycles. The topological polar surface area (TPSA) is 52.7 Å². The maximum Gasteiger partial charge on any atom is 0.261 e. The minimum atomic E-state index is -0.0371. The molecule has 0 amide bonds. The van der Waals surface area contributed by atoms with E-state index in [0.717, 1.165) is 16.9 Å². The molecular formula is C18H15ClN4OS. The first kappa shape index (κ1) is 16.2. The Morgan fingerprint density at radius 2 is 1.84 bits per heavy atom. The van der Waals surface area contributed by atoms with Crippen molar-refractivity contribution in [3.63, 3.8) is 0 Å². The van der Waals surface area contributed by atoms with Crippen molar-refractivity contribution in [1.29, 1.82) is 0 Å². The normalized spacial score (nSPS) is 11.5. The molecule has 5 nitrogen and oxygen atoms in total. The van der Waals surface area contributed by atoms with Crippen molar-refractivity contribution in [2.45, 2.75) is 10.9 Å². The largest absolute Gasteiger partial charge is 0.330 e. The summed E-state index contributed by atoms with van der Waals surface area (Å²) in [6.07, 6.45) is 0. The molecule has 25 heavy (non-hydrogen) atoms. The summed E-state index contributed by atoms with van der Waals surface area (Å²) in [5.74, 6) is 1.52. The van der Waals surface area contributed by atoms with Crippen LogP contribution in [0.15, 0.2) is 52.4 Å². The zero-order valence-corrected chi connectivity index (χ0v) is 15.3. The van der Waals surface area contributed by atoms with E-state index < -0.39 is 0 Å². The van der Waals surface area contributed by atoms with Crippen LogP contribution in [0.5, 0.6) is 0 Å². The Morgan fingerprint density at radius 3 is 2.68 bits per heavy atom. The van der Waals surface area contributed by atoms with Crippen molar-refractivity contribution < 1.29 is 0 Å². The summed E-state index contributed by atoms with van der Waals surface area (Å²) in [4.78, 5) is 21.7. The van der Waals surface area contributed by atoms with E-state index in [9.17, 15) is 4.79 Å². The summed E-state index contributed by atoms with van der Waals surface area (Å²) in [7, 11) is 3.73. The number of nitrogens with zero attached hydrogens (tertiary/aromatic N) is 4. The Labute approximate surface area is 153 Å². The zero-order valence-electron chi connectivity index (χ0n) is 13.7. The number of halogens is 1. The molecule has 0 aliphatic carbocycles. The maximum absolute atomic E-state index is 12.5. The molecule has 0 saturated carbocycles. The molecule has 2 aromatic carbocycles. The first-order chi connectivity index (χ1) is 12.0. The van der Waals surface area contributed by atoms with Crippen LogP contribution in [-0.2, 0) is 19.8 Å². The summed E-state index contributed by atoms with van der Waals surface area (Å²) < 4.78 is 3.63. The predicted molar refractivity (Wildman–Crippen MR) is 102 cm³/mol. The monoisotopic (exact) mass is 370 g/mol. The number of aromatic nitrogens is 4. The number of aryl methyl sites for hydroxylation is 1. The Bertz CT molecular complexity index is 1170. The highest BCUT2D eigenvalue weighted by molar-refractivity contribution is 7.98. The van der Waals surface area contributed by atoms with Crippen molar-refractivity contribution in [2.75, 3.05) is 0 Å². The van der Waals surface area contributed by atoms with Crippen molar-refractivity contribution in [3.05, 3.63) is 63.7 Å². The lowest BCUT2D eigenvalue weighted by Gasteiger charge is -2.08. The van der Waals surface area contributed by atoms with Crippen molar-refractivity contribution in [3.8, 4) is 0 Å². The minimum Gasteiger partial charge on any atom is -0.330 e. The molecule has 0 N–H and O–H groups in total. The molecule has 0 bridgehead atoms. The van der Waals surface area contributed by atoms with Gasteiger partial charge in [0.05, 0.1) is 27.7 Å². The van der Waals surface area contributed by atoms with Gasteiger partial charge in [-0.1, -0.05) is 35.5 Å². The Morgan fingerprint density at radius 1 is 1.04 bits per heavy atom. The van der Waals surface area contributed by atoms with Crippen LogP contribution in [0.4, 0.5) is 0 Å². The van der Waals surface area contributed by atoms with Crippen LogP contribution in [0.3, 0.4) is 0 Å². The van der Waals surface area contributed by atoms with Gasteiger partial charge in [-0.3, -0.25) is 9.36 Å². The average molecular weight is 371 g/mol. The van der Waals surface area contributed by atoms with Gasteiger partial charge in [0, 0.05) is 19.1 Å². The first-order valence-corrected chi connectivity index (χ1v) is 9.10. The molecule has 126 valence electrons. The van der Waals surface area contributed by atoms with Crippen LogP contribution < -0.4 is 5.56 Å². The summed E-state index contributed by atoms with van der Waals surface area (Å²) in [5.41, 5.74) is 2.57. The third-order valence-electron chi connectivity index (χ3n) is 4.21. The van der Waals surface area contributed by atoms with E-state index in [1.54, 1.807) is 17.7 Å². The molecule has 0 unspecified atom stereocenters. The molecule has 0 aliphatic heterocycles. The van der Waals surface area contributed by atoms with Crippen LogP contribution in [0.2, 0.25) is 5.02 Å². The molecule has 0 saturated heterocycles. The van der Waals surface area contributed by atoms with Gasteiger partial charge in [0.2, 0.25) is 0 Å². The van der Waals surface area contributed by atoms with Crippen LogP contribution in [0.1, 0.15) is 5.82 Å². The van der Waals surface area contributed by atoms with Gasteiger partial charge in [-0.25, -0.2) is 9.97 Å². The smallest absolute Gasteiger partial charge is 0.261 e. The van der Waals surface area contributed by atoms with Crippen LogP contribution in [0, 0.1) is 0 Å². The van der Waals surface area contributed by atoms with E-state index in [4.69, 9.17) is 11.6 Å². The lowest BCUT2D eigenvalue weighted by Crippen LogP contribution is -2.20. The molecular weight excluding hydrogens is 356 g/mol. The highest BCUT2D eigenvalue weighted by atomic mass is 35.5. The van der Waals surface area contributed by atoms with Crippen molar-refractivity contribution >= 4 is 45.3 Å². The van der Waals surface area contributed by atoms with Gasteiger partial charge >= 0.3 is 0 Å². The van der Waals surface area contributed by atoms with E-state index in [1.807, 2.05) is 48.0 Å². The van der Waals surface area contributed by atoms with Gasteiger partial charge in [-0.2, -0.15) is 0 Å². The number of para-hydroxylation sites is 1. The van der Waals surface area contributed by atoms with E-state index in [0.29, 0.717) is 26.8 Å². The lowest BCUT2D eigenvalue weighted by molar-refractivity contribution is 0.725. The van der Waals surface area contributed by atoms with E-state index in [1.165, 1.54) is 11.8 Å². The number of thioether (sulfide) groups is 1. The average Bonchev–Trinajstić information content (AvgIpc) is 2.92. The van der Waals surface area contributed by atoms with E-state index in [-0.39, 0.29) is 5.56 Å². The third kappa shape index (κ3) is 2.81. The molecule has 0 atom stereocenters. The van der Waals surface area contributed by atoms with Gasteiger partial charge in [-0.15, -0.1) is 0 Å². The minimum absolute atomic E-state index is 0.0371. The molecule has 0 fully saturated rings. The Kier molecular flexibility index (Phi) is 4.01.